The average Bonchev–Trinajstić information content (AvgIpc) is 2.62. The Balaban J connectivity index is 1.57. The fraction of sp³-hybridized carbons (Fsp3) is 0.150. The number of benzene rings is 2. The summed E-state index contributed by atoms with van der Waals surface area (Å²) in [6.07, 6.45) is 0. The van der Waals surface area contributed by atoms with Gasteiger partial charge in [-0.3, -0.25) is 0 Å². The molecule has 3 rings (SSSR count). The van der Waals surface area contributed by atoms with Gasteiger partial charge in [-0.2, -0.15) is 0 Å². The summed E-state index contributed by atoms with van der Waals surface area (Å²) in [6.45, 7) is 0.921. The summed E-state index contributed by atoms with van der Waals surface area (Å²) in [5, 5.41) is 0.885. The highest BCUT2D eigenvalue weighted by atomic mass is 79.9. The smallest absolute Gasteiger partial charge is 0.336 e. The first-order chi connectivity index (χ1) is 12.1. The van der Waals surface area contributed by atoms with Gasteiger partial charge >= 0.3 is 5.63 Å². The Morgan fingerprint density at radius 2 is 1.88 bits per heavy atom. The molecule has 0 saturated heterocycles. The molecule has 2 aromatic carbocycles. The van der Waals surface area contributed by atoms with E-state index in [0.29, 0.717) is 18.7 Å². The fourth-order valence-corrected chi connectivity index (χ4v) is 2.53. The van der Waals surface area contributed by atoms with Crippen LogP contribution < -0.4 is 15.3 Å². The van der Waals surface area contributed by atoms with E-state index in [0.717, 1.165) is 21.3 Å². The van der Waals surface area contributed by atoms with E-state index < -0.39 is 0 Å². The predicted molar refractivity (Wildman–Crippen MR) is 103 cm³/mol. The molecule has 25 heavy (non-hydrogen) atoms. The Kier molecular flexibility index (Phi) is 5.42. The van der Waals surface area contributed by atoms with Crippen LogP contribution in [0, 0.1) is 11.8 Å². The van der Waals surface area contributed by atoms with E-state index in [-0.39, 0.29) is 5.63 Å². The number of ether oxygens (including phenoxy) is 1. The zero-order valence-electron chi connectivity index (χ0n) is 13.7. The summed E-state index contributed by atoms with van der Waals surface area (Å²) >= 11 is 3.38. The van der Waals surface area contributed by atoms with Crippen LogP contribution in [-0.2, 0) is 0 Å². The molecule has 3 aromatic rings. The summed E-state index contributed by atoms with van der Waals surface area (Å²) in [7, 11) is 1.96. The normalized spacial score (nSPS) is 10.2. The topological polar surface area (TPSA) is 42.7 Å². The zero-order valence-corrected chi connectivity index (χ0v) is 15.2. The van der Waals surface area contributed by atoms with Gasteiger partial charge < -0.3 is 14.1 Å². The first-order valence-electron chi connectivity index (χ1n) is 7.71. The molecule has 0 radical (unpaired) electrons. The third-order valence-electron chi connectivity index (χ3n) is 3.61. The van der Waals surface area contributed by atoms with E-state index in [9.17, 15) is 4.79 Å². The van der Waals surface area contributed by atoms with Gasteiger partial charge in [0.1, 0.15) is 17.9 Å². The van der Waals surface area contributed by atoms with Gasteiger partial charge in [-0.25, -0.2) is 4.79 Å². The van der Waals surface area contributed by atoms with Crippen LogP contribution in [0.1, 0.15) is 0 Å². The molecule has 126 valence electrons. The van der Waals surface area contributed by atoms with Gasteiger partial charge in [-0.05, 0) is 48.5 Å². The molecule has 0 saturated carbocycles. The molecule has 0 aliphatic carbocycles. The van der Waals surface area contributed by atoms with Crippen molar-refractivity contribution in [2.24, 2.45) is 0 Å². The largest absolute Gasteiger partial charge is 0.481 e. The molecule has 1 heterocycles. The molecule has 0 N–H and O–H groups in total. The molecule has 0 amide bonds. The van der Waals surface area contributed by atoms with Crippen molar-refractivity contribution in [1.82, 2.24) is 0 Å². The molecule has 0 aliphatic rings. The lowest BCUT2D eigenvalue weighted by atomic mass is 10.2. The first kappa shape index (κ1) is 17.1. The zero-order chi connectivity index (χ0) is 17.6. The van der Waals surface area contributed by atoms with Gasteiger partial charge in [0.2, 0.25) is 0 Å². The maximum atomic E-state index is 11.2. The highest BCUT2D eigenvalue weighted by Crippen LogP contribution is 2.20. The number of hydrogen-bond acceptors (Lipinski definition) is 4. The molecule has 1 aromatic heterocycles. The summed E-state index contributed by atoms with van der Waals surface area (Å²) in [5.41, 5.74) is 1.24. The van der Waals surface area contributed by atoms with E-state index in [1.165, 1.54) is 6.07 Å². The summed E-state index contributed by atoms with van der Waals surface area (Å²) in [4.78, 5) is 13.2. The summed E-state index contributed by atoms with van der Waals surface area (Å²) in [5.74, 6) is 6.89. The van der Waals surface area contributed by atoms with Crippen LogP contribution in [0.2, 0.25) is 0 Å². The number of fused-ring (bicyclic) bond motifs is 1. The van der Waals surface area contributed by atoms with Crippen molar-refractivity contribution < 1.29 is 9.15 Å². The van der Waals surface area contributed by atoms with Crippen molar-refractivity contribution >= 4 is 32.6 Å². The third kappa shape index (κ3) is 4.65. The lowest BCUT2D eigenvalue weighted by molar-refractivity contribution is 0.370. The second-order valence-corrected chi connectivity index (χ2v) is 6.34. The van der Waals surface area contributed by atoms with Crippen LogP contribution in [0.3, 0.4) is 0 Å². The van der Waals surface area contributed by atoms with Crippen molar-refractivity contribution in [3.05, 3.63) is 69.5 Å². The van der Waals surface area contributed by atoms with Crippen LogP contribution in [0.5, 0.6) is 5.75 Å². The van der Waals surface area contributed by atoms with Crippen molar-refractivity contribution in [2.45, 2.75) is 0 Å². The number of hydrogen-bond donors (Lipinski definition) is 0. The molecule has 0 bridgehead atoms. The highest BCUT2D eigenvalue weighted by Gasteiger charge is 2.02. The third-order valence-corrected chi connectivity index (χ3v) is 4.14. The fourth-order valence-electron chi connectivity index (χ4n) is 2.26. The molecule has 5 heteroatoms. The quantitative estimate of drug-likeness (QED) is 0.491. The minimum absolute atomic E-state index is 0.342. The van der Waals surface area contributed by atoms with Gasteiger partial charge in [-0.15, -0.1) is 0 Å². The minimum Gasteiger partial charge on any atom is -0.481 e. The monoisotopic (exact) mass is 397 g/mol. The lowest BCUT2D eigenvalue weighted by Gasteiger charge is -2.16. The Morgan fingerprint density at radius 3 is 2.68 bits per heavy atom. The van der Waals surface area contributed by atoms with Gasteiger partial charge in [0.15, 0.2) is 0 Å². The van der Waals surface area contributed by atoms with Crippen LogP contribution in [-0.4, -0.2) is 20.2 Å². The SMILES string of the molecule is CN(CC#CCOc1ccc(Br)cc1)c1ccc2oc(=O)ccc2c1. The summed E-state index contributed by atoms with van der Waals surface area (Å²) < 4.78 is 11.7. The van der Waals surface area contributed by atoms with Crippen molar-refractivity contribution in [3.8, 4) is 17.6 Å². The molecule has 0 aliphatic heterocycles. The first-order valence-corrected chi connectivity index (χ1v) is 8.50. The number of rotatable bonds is 4. The highest BCUT2D eigenvalue weighted by molar-refractivity contribution is 9.10. The molecule has 0 spiro atoms. The van der Waals surface area contributed by atoms with Gasteiger partial charge in [-0.1, -0.05) is 27.8 Å². The van der Waals surface area contributed by atoms with Crippen LogP contribution in [0.15, 0.2) is 68.3 Å². The van der Waals surface area contributed by atoms with Crippen molar-refractivity contribution in [1.29, 1.82) is 0 Å². The van der Waals surface area contributed by atoms with E-state index in [1.54, 1.807) is 12.1 Å². The Bertz CT molecular complexity index is 983. The van der Waals surface area contributed by atoms with Crippen molar-refractivity contribution in [3.63, 3.8) is 0 Å². The number of anilines is 1. The van der Waals surface area contributed by atoms with E-state index in [2.05, 4.69) is 27.8 Å². The van der Waals surface area contributed by atoms with Crippen LogP contribution >= 0.6 is 15.9 Å². The second-order valence-electron chi connectivity index (χ2n) is 5.43. The van der Waals surface area contributed by atoms with E-state index >= 15 is 0 Å². The average molecular weight is 398 g/mol. The maximum absolute atomic E-state index is 11.2. The van der Waals surface area contributed by atoms with Crippen molar-refractivity contribution in [2.75, 3.05) is 25.1 Å². The number of halogens is 1. The molecule has 0 fully saturated rings. The Labute approximate surface area is 154 Å². The molecule has 4 nitrogen and oxygen atoms in total. The Morgan fingerprint density at radius 1 is 1.08 bits per heavy atom. The lowest BCUT2D eigenvalue weighted by Crippen LogP contribution is -2.17. The van der Waals surface area contributed by atoms with E-state index in [1.807, 2.05) is 48.3 Å². The van der Waals surface area contributed by atoms with Crippen LogP contribution in [0.25, 0.3) is 11.0 Å². The Hall–Kier alpha value is -2.71. The number of nitrogens with zero attached hydrogens (tertiary/aromatic N) is 1. The predicted octanol–water partition coefficient (Wildman–Crippen LogP) is 4.07. The second kappa shape index (κ2) is 7.91. The minimum atomic E-state index is -0.342. The van der Waals surface area contributed by atoms with E-state index in [4.69, 9.17) is 9.15 Å². The molecular weight excluding hydrogens is 382 g/mol. The molecule has 0 unspecified atom stereocenters. The van der Waals surface area contributed by atoms with Gasteiger partial charge in [0.25, 0.3) is 0 Å². The van der Waals surface area contributed by atoms with Crippen LogP contribution in [0.4, 0.5) is 5.69 Å². The molecule has 0 atom stereocenters. The molecular formula is C20H16BrNO3. The maximum Gasteiger partial charge on any atom is 0.336 e. The standard InChI is InChI=1S/C20H16BrNO3/c1-22(12-2-3-13-24-18-8-5-16(21)6-9-18)17-7-10-19-15(14-17)4-11-20(23)25-19/h4-11,14H,12-13H2,1H3. The van der Waals surface area contributed by atoms with Gasteiger partial charge in [0.05, 0.1) is 6.54 Å². The van der Waals surface area contributed by atoms with Gasteiger partial charge in [0, 0.05) is 28.7 Å². The summed E-state index contributed by atoms with van der Waals surface area (Å²) in [6, 6.07) is 16.5.